The molecule has 0 aliphatic heterocycles. The Morgan fingerprint density at radius 3 is 2.81 bits per heavy atom. The fourth-order valence-corrected chi connectivity index (χ4v) is 1.69. The predicted molar refractivity (Wildman–Crippen MR) is 64.4 cm³/mol. The molecule has 1 rings (SSSR count). The summed E-state index contributed by atoms with van der Waals surface area (Å²) in [6.07, 6.45) is 1.99. The topological polar surface area (TPSA) is 49.0 Å². The predicted octanol–water partition coefficient (Wildman–Crippen LogP) is 2.09. The third-order valence-corrected chi connectivity index (χ3v) is 2.36. The Morgan fingerprint density at radius 2 is 2.25 bits per heavy atom. The van der Waals surface area contributed by atoms with Gasteiger partial charge in [-0.1, -0.05) is 27.2 Å². The summed E-state index contributed by atoms with van der Waals surface area (Å²) in [5.41, 5.74) is 1.55. The number of H-pyrrole nitrogens is 1. The minimum Gasteiger partial charge on any atom is -0.340 e. The number of nitrogens with zero attached hydrogens (tertiary/aromatic N) is 2. The van der Waals surface area contributed by atoms with Crippen LogP contribution in [0.2, 0.25) is 0 Å². The van der Waals surface area contributed by atoms with E-state index in [1.165, 1.54) is 0 Å². The second kappa shape index (κ2) is 5.68. The van der Waals surface area contributed by atoms with Crippen molar-refractivity contribution in [2.24, 2.45) is 5.92 Å². The van der Waals surface area contributed by atoms with E-state index in [1.54, 1.807) is 4.90 Å². The lowest BCUT2D eigenvalue weighted by Crippen LogP contribution is -2.30. The van der Waals surface area contributed by atoms with E-state index in [0.29, 0.717) is 11.6 Å². The molecule has 1 N–H and O–H groups in total. The molecule has 0 unspecified atom stereocenters. The quantitative estimate of drug-likeness (QED) is 0.831. The first-order chi connectivity index (χ1) is 7.54. The molecule has 0 bridgehead atoms. The number of hydrogen-bond donors (Lipinski definition) is 1. The van der Waals surface area contributed by atoms with Gasteiger partial charge in [-0.05, 0) is 18.4 Å². The van der Waals surface area contributed by atoms with Crippen molar-refractivity contribution < 1.29 is 4.79 Å². The number of nitrogens with one attached hydrogen (secondary N) is 1. The molecule has 0 saturated heterocycles. The second-order valence-electron chi connectivity index (χ2n) is 4.61. The van der Waals surface area contributed by atoms with Crippen LogP contribution in [0.25, 0.3) is 0 Å². The van der Waals surface area contributed by atoms with Crippen molar-refractivity contribution >= 4 is 5.91 Å². The van der Waals surface area contributed by atoms with Crippen molar-refractivity contribution in [1.82, 2.24) is 15.1 Å². The minimum atomic E-state index is -0.00713. The largest absolute Gasteiger partial charge is 0.340 e. The molecule has 0 saturated carbocycles. The highest BCUT2D eigenvalue weighted by atomic mass is 16.2. The summed E-state index contributed by atoms with van der Waals surface area (Å²) in [4.78, 5) is 13.7. The van der Waals surface area contributed by atoms with Crippen LogP contribution in [0.3, 0.4) is 0 Å². The molecule has 0 aliphatic carbocycles. The molecule has 1 aromatic rings. The summed E-state index contributed by atoms with van der Waals surface area (Å²) >= 11 is 0. The average molecular weight is 223 g/mol. The summed E-state index contributed by atoms with van der Waals surface area (Å²) in [5.74, 6) is 0.468. The number of aryl methyl sites for hydroxylation is 1. The summed E-state index contributed by atoms with van der Waals surface area (Å²) in [6.45, 7) is 7.05. The van der Waals surface area contributed by atoms with Crippen molar-refractivity contribution in [3.63, 3.8) is 0 Å². The van der Waals surface area contributed by atoms with Crippen LogP contribution in [0, 0.1) is 5.92 Å². The monoisotopic (exact) mass is 223 g/mol. The molecule has 0 radical (unpaired) electrons. The van der Waals surface area contributed by atoms with Gasteiger partial charge in [0.05, 0.1) is 0 Å². The first-order valence-corrected chi connectivity index (χ1v) is 5.84. The fraction of sp³-hybridized carbons (Fsp3) is 0.667. The van der Waals surface area contributed by atoms with Gasteiger partial charge < -0.3 is 4.90 Å². The van der Waals surface area contributed by atoms with Crippen LogP contribution in [0.5, 0.6) is 0 Å². The molecule has 16 heavy (non-hydrogen) atoms. The maximum Gasteiger partial charge on any atom is 0.274 e. The van der Waals surface area contributed by atoms with Crippen LogP contribution in [-0.2, 0) is 6.42 Å². The summed E-state index contributed by atoms with van der Waals surface area (Å²) in [7, 11) is 1.82. The van der Waals surface area contributed by atoms with E-state index in [4.69, 9.17) is 0 Å². The van der Waals surface area contributed by atoms with Gasteiger partial charge in [-0.25, -0.2) is 0 Å². The van der Waals surface area contributed by atoms with Crippen LogP contribution >= 0.6 is 0 Å². The Kier molecular flexibility index (Phi) is 4.52. The maximum atomic E-state index is 11.9. The van der Waals surface area contributed by atoms with Gasteiger partial charge in [0.2, 0.25) is 0 Å². The number of amides is 1. The van der Waals surface area contributed by atoms with Gasteiger partial charge >= 0.3 is 0 Å². The van der Waals surface area contributed by atoms with Gasteiger partial charge in [-0.3, -0.25) is 9.89 Å². The summed E-state index contributed by atoms with van der Waals surface area (Å²) in [6, 6.07) is 1.85. The fourth-order valence-electron chi connectivity index (χ4n) is 1.69. The standard InChI is InChI=1S/C12H21N3O/c1-5-6-10-7-11(14-13-10)12(16)15(4)8-9(2)3/h7,9H,5-6,8H2,1-4H3,(H,13,14). The van der Waals surface area contributed by atoms with E-state index < -0.39 is 0 Å². The van der Waals surface area contributed by atoms with Crippen molar-refractivity contribution in [2.75, 3.05) is 13.6 Å². The molecule has 1 amide bonds. The molecule has 1 aromatic heterocycles. The Labute approximate surface area is 97.0 Å². The van der Waals surface area contributed by atoms with E-state index in [1.807, 2.05) is 13.1 Å². The number of rotatable bonds is 5. The van der Waals surface area contributed by atoms with Crippen molar-refractivity contribution in [2.45, 2.75) is 33.6 Å². The second-order valence-corrected chi connectivity index (χ2v) is 4.61. The van der Waals surface area contributed by atoms with Crippen LogP contribution in [-0.4, -0.2) is 34.6 Å². The van der Waals surface area contributed by atoms with Crippen LogP contribution < -0.4 is 0 Å². The number of aromatic nitrogens is 2. The smallest absolute Gasteiger partial charge is 0.274 e. The molecule has 0 spiro atoms. The zero-order valence-electron chi connectivity index (χ0n) is 10.6. The number of carbonyl (C=O) groups is 1. The van der Waals surface area contributed by atoms with Crippen molar-refractivity contribution in [3.05, 3.63) is 17.5 Å². The van der Waals surface area contributed by atoms with Gasteiger partial charge in [-0.15, -0.1) is 0 Å². The molecule has 0 atom stereocenters. The molecular weight excluding hydrogens is 202 g/mol. The van der Waals surface area contributed by atoms with E-state index >= 15 is 0 Å². The van der Waals surface area contributed by atoms with Gasteiger partial charge in [-0.2, -0.15) is 5.10 Å². The molecule has 4 heteroatoms. The lowest BCUT2D eigenvalue weighted by Gasteiger charge is -2.17. The third-order valence-electron chi connectivity index (χ3n) is 2.36. The summed E-state index contributed by atoms with van der Waals surface area (Å²) < 4.78 is 0. The van der Waals surface area contributed by atoms with E-state index in [9.17, 15) is 4.79 Å². The lowest BCUT2D eigenvalue weighted by atomic mass is 10.2. The lowest BCUT2D eigenvalue weighted by molar-refractivity contribution is 0.0773. The van der Waals surface area contributed by atoms with Gasteiger partial charge in [0, 0.05) is 19.3 Å². The zero-order valence-corrected chi connectivity index (χ0v) is 10.6. The Hall–Kier alpha value is -1.32. The van der Waals surface area contributed by atoms with E-state index in [-0.39, 0.29) is 5.91 Å². The van der Waals surface area contributed by atoms with Gasteiger partial charge in [0.1, 0.15) is 5.69 Å². The Balaban J connectivity index is 2.64. The molecule has 4 nitrogen and oxygen atoms in total. The summed E-state index contributed by atoms with van der Waals surface area (Å²) in [5, 5.41) is 6.95. The highest BCUT2D eigenvalue weighted by Crippen LogP contribution is 2.06. The van der Waals surface area contributed by atoms with Crippen molar-refractivity contribution in [3.8, 4) is 0 Å². The molecular formula is C12H21N3O. The zero-order chi connectivity index (χ0) is 12.1. The molecule has 90 valence electrons. The van der Waals surface area contributed by atoms with E-state index in [2.05, 4.69) is 31.0 Å². The first-order valence-electron chi connectivity index (χ1n) is 5.84. The normalized spacial score (nSPS) is 10.8. The molecule has 1 heterocycles. The maximum absolute atomic E-state index is 11.9. The SMILES string of the molecule is CCCc1cc(C(=O)N(C)CC(C)C)n[nH]1. The number of aromatic amines is 1. The first kappa shape index (κ1) is 12.7. The Morgan fingerprint density at radius 1 is 1.56 bits per heavy atom. The number of carbonyl (C=O) groups excluding carboxylic acids is 1. The molecule has 0 aliphatic rings. The average Bonchev–Trinajstić information content (AvgIpc) is 2.64. The molecule has 0 aromatic carbocycles. The highest BCUT2D eigenvalue weighted by Gasteiger charge is 2.15. The van der Waals surface area contributed by atoms with Gasteiger partial charge in [0.15, 0.2) is 0 Å². The minimum absolute atomic E-state index is 0.00713. The van der Waals surface area contributed by atoms with E-state index in [0.717, 1.165) is 25.1 Å². The highest BCUT2D eigenvalue weighted by molar-refractivity contribution is 5.92. The van der Waals surface area contributed by atoms with Crippen LogP contribution in [0.4, 0.5) is 0 Å². The van der Waals surface area contributed by atoms with Gasteiger partial charge in [0.25, 0.3) is 5.91 Å². The number of hydrogen-bond acceptors (Lipinski definition) is 2. The molecule has 0 fully saturated rings. The Bertz CT molecular complexity index is 344. The van der Waals surface area contributed by atoms with Crippen LogP contribution in [0.1, 0.15) is 43.4 Å². The van der Waals surface area contributed by atoms with Crippen LogP contribution in [0.15, 0.2) is 6.07 Å². The van der Waals surface area contributed by atoms with Crippen molar-refractivity contribution in [1.29, 1.82) is 0 Å². The third kappa shape index (κ3) is 3.36.